The molecule has 1 spiro atoms. The lowest BCUT2D eigenvalue weighted by Crippen LogP contribution is -2.60. The normalized spacial score (nSPS) is 25.0. The Labute approximate surface area is 141 Å². The average Bonchev–Trinajstić information content (AvgIpc) is 3.04. The Morgan fingerprint density at radius 1 is 1.17 bits per heavy atom. The quantitative estimate of drug-likeness (QED) is 0.918. The Balaban J connectivity index is 1.71. The van der Waals surface area contributed by atoms with Crippen LogP contribution in [0.5, 0.6) is 0 Å². The average molecular weight is 326 g/mol. The topological polar surface area (TPSA) is 32.3 Å². The predicted octanol–water partition coefficient (Wildman–Crippen LogP) is 3.35. The fraction of sp³-hybridized carbons (Fsp3) is 0.421. The van der Waals surface area contributed by atoms with Crippen LogP contribution in [0.15, 0.2) is 41.1 Å². The first-order valence-electron chi connectivity index (χ1n) is 8.39. The van der Waals surface area contributed by atoms with E-state index in [2.05, 4.69) is 51.3 Å². The van der Waals surface area contributed by atoms with Gasteiger partial charge in [-0.05, 0) is 59.3 Å². The maximum Gasteiger partial charge on any atom is 0.241 e. The molecule has 0 bridgehead atoms. The first kappa shape index (κ1) is 14.9. The molecule has 1 amide bonds. The summed E-state index contributed by atoms with van der Waals surface area (Å²) >= 11 is 1.73. The van der Waals surface area contributed by atoms with Crippen molar-refractivity contribution in [1.29, 1.82) is 0 Å². The second-order valence-corrected chi connectivity index (χ2v) is 7.45. The highest BCUT2D eigenvalue weighted by molar-refractivity contribution is 7.07. The summed E-state index contributed by atoms with van der Waals surface area (Å²) in [7, 11) is 0. The molecular formula is C19H22N2OS. The van der Waals surface area contributed by atoms with Crippen LogP contribution in [0.25, 0.3) is 0 Å². The molecule has 2 aliphatic rings. The van der Waals surface area contributed by atoms with Crippen molar-refractivity contribution in [1.82, 2.24) is 10.2 Å². The number of hydrogen-bond donors (Lipinski definition) is 1. The van der Waals surface area contributed by atoms with Crippen molar-refractivity contribution < 1.29 is 4.79 Å². The minimum absolute atomic E-state index is 0.212. The number of carbonyl (C=O) groups excluding carboxylic acids is 1. The maximum atomic E-state index is 13.0. The van der Waals surface area contributed by atoms with E-state index in [0.717, 1.165) is 32.4 Å². The molecule has 2 aromatic rings. The number of amides is 1. The highest BCUT2D eigenvalue weighted by Gasteiger charge is 2.46. The number of nitrogens with one attached hydrogen (secondary N) is 1. The van der Waals surface area contributed by atoms with Crippen molar-refractivity contribution in [3.05, 3.63) is 57.8 Å². The number of thiophene rings is 1. The second kappa shape index (κ2) is 6.10. The maximum absolute atomic E-state index is 13.0. The molecule has 0 aliphatic carbocycles. The van der Waals surface area contributed by atoms with Crippen molar-refractivity contribution in [2.75, 3.05) is 6.54 Å². The van der Waals surface area contributed by atoms with Crippen molar-refractivity contribution in [3.63, 3.8) is 0 Å². The van der Waals surface area contributed by atoms with Crippen LogP contribution in [0.4, 0.5) is 0 Å². The second-order valence-electron chi connectivity index (χ2n) is 6.67. The molecule has 1 aromatic heterocycles. The van der Waals surface area contributed by atoms with Gasteiger partial charge >= 0.3 is 0 Å². The zero-order valence-corrected chi connectivity index (χ0v) is 14.1. The molecule has 1 unspecified atom stereocenters. The summed E-state index contributed by atoms with van der Waals surface area (Å²) in [6, 6.07) is 10.7. The third-order valence-corrected chi connectivity index (χ3v) is 6.02. The summed E-state index contributed by atoms with van der Waals surface area (Å²) in [5.41, 5.74) is 3.52. The number of piperidine rings is 1. The van der Waals surface area contributed by atoms with Gasteiger partial charge in [0.1, 0.15) is 5.54 Å². The van der Waals surface area contributed by atoms with Gasteiger partial charge in [-0.3, -0.25) is 9.69 Å². The van der Waals surface area contributed by atoms with E-state index in [9.17, 15) is 4.79 Å². The molecule has 4 rings (SSSR count). The van der Waals surface area contributed by atoms with E-state index in [-0.39, 0.29) is 11.4 Å². The first-order chi connectivity index (χ1) is 11.3. The summed E-state index contributed by atoms with van der Waals surface area (Å²) in [4.78, 5) is 15.5. The monoisotopic (exact) mass is 326 g/mol. The van der Waals surface area contributed by atoms with Gasteiger partial charge in [0, 0.05) is 19.5 Å². The number of hydrogen-bond acceptors (Lipinski definition) is 3. The van der Waals surface area contributed by atoms with Crippen LogP contribution in [-0.4, -0.2) is 22.9 Å². The van der Waals surface area contributed by atoms with Gasteiger partial charge in [-0.2, -0.15) is 11.3 Å². The van der Waals surface area contributed by atoms with Crippen LogP contribution in [0.1, 0.15) is 36.0 Å². The van der Waals surface area contributed by atoms with Gasteiger partial charge in [-0.15, -0.1) is 0 Å². The van der Waals surface area contributed by atoms with E-state index in [4.69, 9.17) is 0 Å². The molecule has 3 nitrogen and oxygen atoms in total. The minimum Gasteiger partial charge on any atom is -0.350 e. The zero-order chi connectivity index (χ0) is 15.7. The fourth-order valence-corrected chi connectivity index (χ4v) is 4.68. The summed E-state index contributed by atoms with van der Waals surface area (Å²) < 4.78 is 0. The zero-order valence-electron chi connectivity index (χ0n) is 13.3. The molecule has 120 valence electrons. The molecule has 1 aromatic carbocycles. The van der Waals surface area contributed by atoms with E-state index in [1.165, 1.54) is 23.1 Å². The molecular weight excluding hydrogens is 304 g/mol. The molecule has 1 N–H and O–H groups in total. The van der Waals surface area contributed by atoms with Crippen LogP contribution in [-0.2, 0) is 24.3 Å². The van der Waals surface area contributed by atoms with Gasteiger partial charge < -0.3 is 5.32 Å². The Kier molecular flexibility index (Phi) is 3.95. The number of carbonyl (C=O) groups is 1. The van der Waals surface area contributed by atoms with Gasteiger partial charge in [0.05, 0.1) is 0 Å². The summed E-state index contributed by atoms with van der Waals surface area (Å²) in [5.74, 6) is 0.212. The van der Waals surface area contributed by atoms with Crippen LogP contribution < -0.4 is 5.32 Å². The fourth-order valence-electron chi connectivity index (χ4n) is 4.02. The Bertz CT molecular complexity index is 697. The lowest BCUT2D eigenvalue weighted by atomic mass is 9.80. The van der Waals surface area contributed by atoms with Gasteiger partial charge in [0.25, 0.3) is 0 Å². The summed E-state index contributed by atoms with van der Waals surface area (Å²) in [6.45, 7) is 2.54. The summed E-state index contributed by atoms with van der Waals surface area (Å²) in [5, 5.41) is 7.51. The molecule has 0 radical (unpaired) electrons. The number of nitrogens with zero attached hydrogens (tertiary/aromatic N) is 1. The van der Waals surface area contributed by atoms with E-state index < -0.39 is 0 Å². The molecule has 2 aliphatic heterocycles. The highest BCUT2D eigenvalue weighted by Crippen LogP contribution is 2.36. The smallest absolute Gasteiger partial charge is 0.241 e. The van der Waals surface area contributed by atoms with Crippen molar-refractivity contribution in [3.8, 4) is 0 Å². The van der Waals surface area contributed by atoms with Gasteiger partial charge in [0.15, 0.2) is 0 Å². The Morgan fingerprint density at radius 3 is 2.87 bits per heavy atom. The molecule has 23 heavy (non-hydrogen) atoms. The van der Waals surface area contributed by atoms with Crippen LogP contribution in [0, 0.1) is 0 Å². The SMILES string of the molecule is O=C1NCc2ccccc2CC12CCCCN2Cc1ccsc1. The van der Waals surface area contributed by atoms with Crippen LogP contribution in [0.2, 0.25) is 0 Å². The van der Waals surface area contributed by atoms with E-state index in [0.29, 0.717) is 6.54 Å². The minimum atomic E-state index is -0.382. The third-order valence-electron chi connectivity index (χ3n) is 5.29. The molecule has 1 fully saturated rings. The molecule has 1 saturated heterocycles. The molecule has 1 atom stereocenters. The van der Waals surface area contributed by atoms with Crippen molar-refractivity contribution in [2.45, 2.75) is 44.3 Å². The molecule has 4 heteroatoms. The Morgan fingerprint density at radius 2 is 2.04 bits per heavy atom. The predicted molar refractivity (Wildman–Crippen MR) is 93.3 cm³/mol. The number of rotatable bonds is 2. The molecule has 3 heterocycles. The third kappa shape index (κ3) is 2.70. The van der Waals surface area contributed by atoms with Crippen molar-refractivity contribution in [2.24, 2.45) is 0 Å². The largest absolute Gasteiger partial charge is 0.350 e. The van der Waals surface area contributed by atoms with Crippen LogP contribution in [0.3, 0.4) is 0 Å². The van der Waals surface area contributed by atoms with Gasteiger partial charge in [-0.25, -0.2) is 0 Å². The van der Waals surface area contributed by atoms with E-state index >= 15 is 0 Å². The van der Waals surface area contributed by atoms with Crippen LogP contribution >= 0.6 is 11.3 Å². The standard InChI is InChI=1S/C19H22N2OS/c22-18-19(11-16-5-1-2-6-17(16)12-20-18)8-3-4-9-21(19)13-15-7-10-23-14-15/h1-2,5-7,10,14H,3-4,8-9,11-13H2,(H,20,22). The number of likely N-dealkylation sites (tertiary alicyclic amines) is 1. The Hall–Kier alpha value is -1.65. The molecule has 0 saturated carbocycles. The number of benzene rings is 1. The van der Waals surface area contributed by atoms with Gasteiger partial charge in [-0.1, -0.05) is 24.3 Å². The van der Waals surface area contributed by atoms with Gasteiger partial charge in [0.2, 0.25) is 5.91 Å². The number of fused-ring (bicyclic) bond motifs is 1. The van der Waals surface area contributed by atoms with Crippen molar-refractivity contribution >= 4 is 17.2 Å². The van der Waals surface area contributed by atoms with E-state index in [1.807, 2.05) is 0 Å². The highest BCUT2D eigenvalue weighted by atomic mass is 32.1. The lowest BCUT2D eigenvalue weighted by molar-refractivity contribution is -0.136. The van der Waals surface area contributed by atoms with E-state index in [1.54, 1.807) is 11.3 Å². The first-order valence-corrected chi connectivity index (χ1v) is 9.33. The summed E-state index contributed by atoms with van der Waals surface area (Å²) in [6.07, 6.45) is 4.10. The lowest BCUT2D eigenvalue weighted by Gasteiger charge is -2.45.